The third-order valence-corrected chi connectivity index (χ3v) is 3.06. The summed E-state index contributed by atoms with van der Waals surface area (Å²) in [6.07, 6.45) is 0.798. The highest BCUT2D eigenvalue weighted by atomic mass is 35.5. The van der Waals surface area contributed by atoms with E-state index >= 15 is 0 Å². The van der Waals surface area contributed by atoms with Gasteiger partial charge >= 0.3 is 12.0 Å². The Kier molecular flexibility index (Phi) is 7.34. The van der Waals surface area contributed by atoms with Crippen molar-refractivity contribution in [2.45, 2.75) is 20.3 Å². The highest BCUT2D eigenvalue weighted by Gasteiger charge is 2.14. The molecule has 0 aliphatic rings. The predicted octanol–water partition coefficient (Wildman–Crippen LogP) is 1.95. The van der Waals surface area contributed by atoms with Gasteiger partial charge in [0.1, 0.15) is 0 Å². The molecule has 0 atom stereocenters. The van der Waals surface area contributed by atoms with Crippen molar-refractivity contribution in [2.24, 2.45) is 5.92 Å². The van der Waals surface area contributed by atoms with E-state index in [-0.39, 0.29) is 11.3 Å². The number of benzene rings is 1. The summed E-state index contributed by atoms with van der Waals surface area (Å²) < 4.78 is 4.80. The fourth-order valence-corrected chi connectivity index (χ4v) is 1.79. The largest absolute Gasteiger partial charge is 0.452 e. The molecule has 7 nitrogen and oxygen atoms in total. The number of nitrogen functional groups attached to an aromatic ring is 1. The third kappa shape index (κ3) is 7.01. The number of nitrogens with two attached hydrogens (primary N) is 1. The molecule has 0 bridgehead atoms. The second-order valence-corrected chi connectivity index (χ2v) is 5.73. The van der Waals surface area contributed by atoms with Gasteiger partial charge < -0.3 is 15.8 Å². The van der Waals surface area contributed by atoms with Gasteiger partial charge in [-0.15, -0.1) is 0 Å². The Hall–Kier alpha value is -2.28. The Balaban J connectivity index is 2.38. The van der Waals surface area contributed by atoms with E-state index in [1.807, 2.05) is 13.8 Å². The molecule has 4 N–H and O–H groups in total. The van der Waals surface area contributed by atoms with E-state index in [2.05, 4.69) is 10.6 Å². The number of urea groups is 1. The zero-order valence-electron chi connectivity index (χ0n) is 13.0. The van der Waals surface area contributed by atoms with Crippen LogP contribution in [0.15, 0.2) is 18.2 Å². The van der Waals surface area contributed by atoms with Gasteiger partial charge in [-0.25, -0.2) is 9.59 Å². The predicted molar refractivity (Wildman–Crippen MR) is 87.1 cm³/mol. The van der Waals surface area contributed by atoms with Crippen LogP contribution in [0, 0.1) is 5.92 Å². The van der Waals surface area contributed by atoms with Crippen molar-refractivity contribution in [3.8, 4) is 0 Å². The topological polar surface area (TPSA) is 111 Å². The molecule has 3 amide bonds. The minimum Gasteiger partial charge on any atom is -0.452 e. The van der Waals surface area contributed by atoms with Gasteiger partial charge in [0.25, 0.3) is 5.91 Å². The quantitative estimate of drug-likeness (QED) is 0.541. The molecule has 0 aliphatic carbocycles. The molecule has 0 saturated heterocycles. The van der Waals surface area contributed by atoms with Crippen molar-refractivity contribution < 1.29 is 19.1 Å². The van der Waals surface area contributed by atoms with Gasteiger partial charge in [-0.05, 0) is 30.5 Å². The maximum Gasteiger partial charge on any atom is 0.340 e. The van der Waals surface area contributed by atoms with Crippen molar-refractivity contribution in [3.63, 3.8) is 0 Å². The zero-order chi connectivity index (χ0) is 17.4. The summed E-state index contributed by atoms with van der Waals surface area (Å²) >= 11 is 5.73. The fraction of sp³-hybridized carbons (Fsp3) is 0.400. The summed E-state index contributed by atoms with van der Waals surface area (Å²) in [6.45, 7) is 3.91. The van der Waals surface area contributed by atoms with E-state index in [1.54, 1.807) is 0 Å². The number of carbonyl (C=O) groups is 3. The van der Waals surface area contributed by atoms with Gasteiger partial charge in [-0.3, -0.25) is 10.1 Å². The number of imide groups is 1. The van der Waals surface area contributed by atoms with Crippen molar-refractivity contribution in [3.05, 3.63) is 28.8 Å². The SMILES string of the molecule is CC(C)CCNC(=O)NC(=O)COC(=O)c1ccc(Cl)cc1N. The number of hydrogen-bond acceptors (Lipinski definition) is 5. The summed E-state index contributed by atoms with van der Waals surface area (Å²) in [6, 6.07) is 3.66. The van der Waals surface area contributed by atoms with E-state index in [0.29, 0.717) is 17.5 Å². The van der Waals surface area contributed by atoms with Crippen LogP contribution in [0.5, 0.6) is 0 Å². The number of amides is 3. The molecule has 0 spiro atoms. The molecule has 126 valence electrons. The highest BCUT2D eigenvalue weighted by Crippen LogP contribution is 2.18. The molecule has 1 rings (SSSR count). The van der Waals surface area contributed by atoms with E-state index in [1.165, 1.54) is 18.2 Å². The summed E-state index contributed by atoms with van der Waals surface area (Å²) in [7, 11) is 0. The van der Waals surface area contributed by atoms with Crippen molar-refractivity contribution in [1.82, 2.24) is 10.6 Å². The van der Waals surface area contributed by atoms with E-state index in [9.17, 15) is 14.4 Å². The van der Waals surface area contributed by atoms with Gasteiger partial charge in [-0.1, -0.05) is 25.4 Å². The first-order valence-corrected chi connectivity index (χ1v) is 7.47. The fourth-order valence-electron chi connectivity index (χ4n) is 1.61. The lowest BCUT2D eigenvalue weighted by atomic mass is 10.1. The van der Waals surface area contributed by atoms with Crippen LogP contribution in [-0.4, -0.2) is 31.1 Å². The molecule has 1 aromatic rings. The number of ether oxygens (including phenoxy) is 1. The van der Waals surface area contributed by atoms with Crippen LogP contribution in [0.1, 0.15) is 30.6 Å². The normalized spacial score (nSPS) is 10.3. The maximum absolute atomic E-state index is 11.8. The Morgan fingerprint density at radius 1 is 1.30 bits per heavy atom. The number of esters is 1. The highest BCUT2D eigenvalue weighted by molar-refractivity contribution is 6.31. The molecule has 23 heavy (non-hydrogen) atoms. The van der Waals surface area contributed by atoms with Crippen LogP contribution in [0.25, 0.3) is 0 Å². The van der Waals surface area contributed by atoms with Crippen molar-refractivity contribution in [1.29, 1.82) is 0 Å². The second kappa shape index (κ2) is 8.99. The van der Waals surface area contributed by atoms with Gasteiger partial charge in [0.15, 0.2) is 6.61 Å². The minimum atomic E-state index is -0.769. The first-order valence-electron chi connectivity index (χ1n) is 7.09. The molecular formula is C15H20ClN3O4. The lowest BCUT2D eigenvalue weighted by Gasteiger charge is -2.09. The number of rotatable bonds is 6. The molecule has 0 unspecified atom stereocenters. The van der Waals surface area contributed by atoms with E-state index in [4.69, 9.17) is 22.1 Å². The number of anilines is 1. The van der Waals surface area contributed by atoms with Crippen LogP contribution in [0.4, 0.5) is 10.5 Å². The molecule has 0 radical (unpaired) electrons. The molecular weight excluding hydrogens is 322 g/mol. The average Bonchev–Trinajstić information content (AvgIpc) is 2.44. The van der Waals surface area contributed by atoms with Gasteiger partial charge in [0, 0.05) is 17.3 Å². The number of hydrogen-bond donors (Lipinski definition) is 3. The molecule has 8 heteroatoms. The first-order chi connectivity index (χ1) is 10.8. The standard InChI is InChI=1S/C15H20ClN3O4/c1-9(2)5-6-18-15(22)19-13(20)8-23-14(21)11-4-3-10(16)7-12(11)17/h3-4,7,9H,5-6,8,17H2,1-2H3,(H2,18,19,20,22). The number of carbonyl (C=O) groups excluding carboxylic acids is 3. The van der Waals surface area contributed by atoms with Crippen LogP contribution < -0.4 is 16.4 Å². The lowest BCUT2D eigenvalue weighted by Crippen LogP contribution is -2.42. The number of nitrogens with one attached hydrogen (secondary N) is 2. The monoisotopic (exact) mass is 341 g/mol. The maximum atomic E-state index is 11.8. The Morgan fingerprint density at radius 3 is 2.61 bits per heavy atom. The van der Waals surface area contributed by atoms with Crippen LogP contribution in [-0.2, 0) is 9.53 Å². The van der Waals surface area contributed by atoms with Crippen molar-refractivity contribution in [2.75, 3.05) is 18.9 Å². The summed E-state index contributed by atoms with van der Waals surface area (Å²) in [5.41, 5.74) is 5.89. The van der Waals surface area contributed by atoms with E-state index < -0.39 is 24.5 Å². The molecule has 0 aliphatic heterocycles. The van der Waals surface area contributed by atoms with Crippen molar-refractivity contribution >= 4 is 35.2 Å². The Labute approximate surface area is 139 Å². The Bertz CT molecular complexity index is 590. The smallest absolute Gasteiger partial charge is 0.340 e. The average molecular weight is 342 g/mol. The third-order valence-electron chi connectivity index (χ3n) is 2.83. The minimum absolute atomic E-state index is 0.101. The van der Waals surface area contributed by atoms with Crippen LogP contribution >= 0.6 is 11.6 Å². The van der Waals surface area contributed by atoms with Gasteiger partial charge in [-0.2, -0.15) is 0 Å². The summed E-state index contributed by atoms with van der Waals surface area (Å²) in [4.78, 5) is 34.7. The molecule has 0 aromatic heterocycles. The second-order valence-electron chi connectivity index (χ2n) is 5.29. The van der Waals surface area contributed by atoms with Gasteiger partial charge in [0.05, 0.1) is 5.56 Å². The molecule has 1 aromatic carbocycles. The molecule has 0 heterocycles. The molecule has 0 fully saturated rings. The van der Waals surface area contributed by atoms with Crippen LogP contribution in [0.2, 0.25) is 5.02 Å². The Morgan fingerprint density at radius 2 is 2.00 bits per heavy atom. The summed E-state index contributed by atoms with van der Waals surface area (Å²) in [5.74, 6) is -1.06. The first kappa shape index (κ1) is 18.8. The number of halogens is 1. The molecule has 0 saturated carbocycles. The summed E-state index contributed by atoms with van der Waals surface area (Å²) in [5, 5.41) is 4.98. The van der Waals surface area contributed by atoms with E-state index in [0.717, 1.165) is 6.42 Å². The van der Waals surface area contributed by atoms with Gasteiger partial charge in [0.2, 0.25) is 0 Å². The van der Waals surface area contributed by atoms with Crippen LogP contribution in [0.3, 0.4) is 0 Å². The lowest BCUT2D eigenvalue weighted by molar-refractivity contribution is -0.123. The zero-order valence-corrected chi connectivity index (χ0v) is 13.8.